The summed E-state index contributed by atoms with van der Waals surface area (Å²) < 4.78 is 35.7. The molecular weight excluding hydrogens is 209 g/mol. The summed E-state index contributed by atoms with van der Waals surface area (Å²) in [5.41, 5.74) is 0. The molecule has 1 aliphatic heterocycles. The Morgan fingerprint density at radius 3 is 2.67 bits per heavy atom. The molecule has 0 aromatic heterocycles. The molecule has 88 valence electrons. The molecule has 0 spiro atoms. The van der Waals surface area contributed by atoms with Crippen LogP contribution in [0.4, 0.5) is 13.2 Å². The number of nitrogens with zero attached hydrogens (tertiary/aromatic N) is 1. The highest BCUT2D eigenvalue weighted by molar-refractivity contribution is 5.81. The second-order valence-corrected chi connectivity index (χ2v) is 3.77. The lowest BCUT2D eigenvalue weighted by Crippen LogP contribution is -2.42. The quantitative estimate of drug-likeness (QED) is 0.780. The highest BCUT2D eigenvalue weighted by Crippen LogP contribution is 2.19. The molecule has 1 saturated heterocycles. The van der Waals surface area contributed by atoms with E-state index in [1.54, 1.807) is 0 Å². The molecule has 0 aromatic carbocycles. The smallest absolute Gasteiger partial charge is 0.344 e. The number of amides is 1. The zero-order valence-electron chi connectivity index (χ0n) is 8.60. The van der Waals surface area contributed by atoms with Gasteiger partial charge in [0.25, 0.3) is 0 Å². The topological polar surface area (TPSA) is 32.3 Å². The van der Waals surface area contributed by atoms with E-state index in [4.69, 9.17) is 0 Å². The summed E-state index contributed by atoms with van der Waals surface area (Å²) in [7, 11) is 1.41. The van der Waals surface area contributed by atoms with Gasteiger partial charge in [-0.25, -0.2) is 0 Å². The third kappa shape index (κ3) is 4.07. The van der Waals surface area contributed by atoms with E-state index in [0.717, 1.165) is 24.3 Å². The van der Waals surface area contributed by atoms with E-state index in [-0.39, 0.29) is 18.5 Å². The summed E-state index contributed by atoms with van der Waals surface area (Å²) in [4.78, 5) is 12.7. The van der Waals surface area contributed by atoms with Crippen molar-refractivity contribution in [2.24, 2.45) is 0 Å². The number of alkyl halides is 3. The average Bonchev–Trinajstić information content (AvgIpc) is 2.64. The molecule has 1 aliphatic rings. The van der Waals surface area contributed by atoms with Crippen molar-refractivity contribution in [1.29, 1.82) is 0 Å². The molecule has 1 heterocycles. The van der Waals surface area contributed by atoms with Crippen LogP contribution in [0.25, 0.3) is 0 Å². The predicted octanol–water partition coefficient (Wildman–Crippen LogP) is 1.15. The summed E-state index contributed by atoms with van der Waals surface area (Å²) in [5.74, 6) is -0.239. The first-order valence-electron chi connectivity index (χ1n) is 4.95. The zero-order valence-corrected chi connectivity index (χ0v) is 8.60. The monoisotopic (exact) mass is 224 g/mol. The van der Waals surface area contributed by atoms with Crippen molar-refractivity contribution in [2.45, 2.75) is 31.5 Å². The highest BCUT2D eigenvalue weighted by atomic mass is 19.4. The van der Waals surface area contributed by atoms with E-state index in [0.29, 0.717) is 0 Å². The van der Waals surface area contributed by atoms with Gasteiger partial charge in [0, 0.05) is 13.6 Å². The second kappa shape index (κ2) is 4.83. The van der Waals surface area contributed by atoms with Crippen LogP contribution in [0.5, 0.6) is 0 Å². The van der Waals surface area contributed by atoms with Crippen LogP contribution in [-0.4, -0.2) is 43.2 Å². The van der Waals surface area contributed by atoms with Crippen molar-refractivity contribution in [1.82, 2.24) is 10.2 Å². The van der Waals surface area contributed by atoms with Crippen LogP contribution in [0.15, 0.2) is 0 Å². The molecule has 1 amide bonds. The third-order valence-corrected chi connectivity index (χ3v) is 2.47. The zero-order chi connectivity index (χ0) is 11.5. The largest absolute Gasteiger partial charge is 0.390 e. The molecule has 1 rings (SSSR count). The van der Waals surface area contributed by atoms with E-state index >= 15 is 0 Å². The van der Waals surface area contributed by atoms with Gasteiger partial charge in [0.15, 0.2) is 0 Å². The molecule has 15 heavy (non-hydrogen) atoms. The van der Waals surface area contributed by atoms with Gasteiger partial charge < -0.3 is 10.2 Å². The molecule has 0 radical (unpaired) electrons. The van der Waals surface area contributed by atoms with E-state index in [1.165, 1.54) is 7.05 Å². The van der Waals surface area contributed by atoms with Gasteiger partial charge in [-0.05, 0) is 19.4 Å². The normalized spacial score (nSPS) is 21.7. The lowest BCUT2D eigenvalue weighted by atomic mass is 10.2. The Balaban J connectivity index is 2.32. The average molecular weight is 224 g/mol. The van der Waals surface area contributed by atoms with E-state index in [1.807, 2.05) is 0 Å². The van der Waals surface area contributed by atoms with Crippen LogP contribution < -0.4 is 5.32 Å². The van der Waals surface area contributed by atoms with Crippen LogP contribution in [0.3, 0.4) is 0 Å². The lowest BCUT2D eigenvalue weighted by Gasteiger charge is -2.21. The number of rotatable bonds is 3. The molecule has 0 aliphatic carbocycles. The van der Waals surface area contributed by atoms with Crippen LogP contribution in [-0.2, 0) is 4.79 Å². The van der Waals surface area contributed by atoms with Crippen molar-refractivity contribution in [3.8, 4) is 0 Å². The fourth-order valence-corrected chi connectivity index (χ4v) is 1.57. The Kier molecular flexibility index (Phi) is 3.96. The van der Waals surface area contributed by atoms with Gasteiger partial charge in [0.1, 0.15) is 0 Å². The molecule has 0 bridgehead atoms. The molecular formula is C9H15F3N2O. The fraction of sp³-hybridized carbons (Fsp3) is 0.889. The summed E-state index contributed by atoms with van der Waals surface area (Å²) in [6, 6.07) is -0.289. The molecule has 1 fully saturated rings. The number of likely N-dealkylation sites (N-methyl/N-ethyl adjacent to an activating group) is 1. The Morgan fingerprint density at radius 1 is 1.53 bits per heavy atom. The highest BCUT2D eigenvalue weighted by Gasteiger charge is 2.30. The first-order chi connectivity index (χ1) is 6.90. The van der Waals surface area contributed by atoms with Crippen molar-refractivity contribution in [2.75, 3.05) is 20.1 Å². The Labute approximate surface area is 86.6 Å². The van der Waals surface area contributed by atoms with Crippen molar-refractivity contribution >= 4 is 5.91 Å². The second-order valence-electron chi connectivity index (χ2n) is 3.77. The first kappa shape index (κ1) is 12.3. The number of nitrogens with one attached hydrogen (secondary N) is 1. The molecule has 6 heteroatoms. The van der Waals surface area contributed by atoms with Gasteiger partial charge >= 0.3 is 6.18 Å². The van der Waals surface area contributed by atoms with Gasteiger partial charge in [-0.3, -0.25) is 4.79 Å². The lowest BCUT2D eigenvalue weighted by molar-refractivity contribution is -0.144. The molecule has 3 nitrogen and oxygen atoms in total. The SMILES string of the molecule is CN(CCC(F)(F)F)C(=O)C1CCCN1. The summed E-state index contributed by atoms with van der Waals surface area (Å²) in [6.45, 7) is 0.504. The standard InChI is InChI=1S/C9H15F3N2O/c1-14(6-4-9(10,11)12)8(15)7-3-2-5-13-7/h7,13H,2-6H2,1H3. The van der Waals surface area contributed by atoms with Crippen LogP contribution in [0, 0.1) is 0 Å². The van der Waals surface area contributed by atoms with Gasteiger partial charge in [-0.2, -0.15) is 13.2 Å². The van der Waals surface area contributed by atoms with Gasteiger partial charge in [-0.15, -0.1) is 0 Å². The third-order valence-electron chi connectivity index (χ3n) is 2.47. The number of halogens is 3. The van der Waals surface area contributed by atoms with Crippen molar-refractivity contribution in [3.05, 3.63) is 0 Å². The summed E-state index contributed by atoms with van der Waals surface area (Å²) in [5, 5.41) is 2.96. The summed E-state index contributed by atoms with van der Waals surface area (Å²) in [6.07, 6.45) is -3.52. The van der Waals surface area contributed by atoms with Crippen LogP contribution >= 0.6 is 0 Å². The van der Waals surface area contributed by atoms with Crippen LogP contribution in [0.1, 0.15) is 19.3 Å². The number of hydrogen-bond donors (Lipinski definition) is 1. The van der Waals surface area contributed by atoms with Gasteiger partial charge in [0.05, 0.1) is 12.5 Å². The van der Waals surface area contributed by atoms with Crippen molar-refractivity contribution in [3.63, 3.8) is 0 Å². The predicted molar refractivity (Wildman–Crippen MR) is 49.3 cm³/mol. The maximum atomic E-state index is 11.9. The Hall–Kier alpha value is -0.780. The minimum Gasteiger partial charge on any atom is -0.344 e. The minimum absolute atomic E-state index is 0.239. The maximum absolute atomic E-state index is 11.9. The number of carbonyl (C=O) groups excluding carboxylic acids is 1. The van der Waals surface area contributed by atoms with Gasteiger partial charge in [0.2, 0.25) is 5.91 Å². The number of carbonyl (C=O) groups is 1. The summed E-state index contributed by atoms with van der Waals surface area (Å²) >= 11 is 0. The van der Waals surface area contributed by atoms with Crippen LogP contribution in [0.2, 0.25) is 0 Å². The van der Waals surface area contributed by atoms with E-state index in [2.05, 4.69) is 5.32 Å². The van der Waals surface area contributed by atoms with Gasteiger partial charge in [-0.1, -0.05) is 0 Å². The number of hydrogen-bond acceptors (Lipinski definition) is 2. The van der Waals surface area contributed by atoms with Crippen molar-refractivity contribution < 1.29 is 18.0 Å². The molecule has 1 atom stereocenters. The fourth-order valence-electron chi connectivity index (χ4n) is 1.57. The molecule has 1 unspecified atom stereocenters. The van der Waals surface area contributed by atoms with E-state index < -0.39 is 12.6 Å². The Morgan fingerprint density at radius 2 is 2.20 bits per heavy atom. The minimum atomic E-state index is -4.20. The molecule has 0 aromatic rings. The molecule has 1 N–H and O–H groups in total. The van der Waals surface area contributed by atoms with E-state index in [9.17, 15) is 18.0 Å². The molecule has 0 saturated carbocycles. The Bertz CT molecular complexity index is 224. The first-order valence-corrected chi connectivity index (χ1v) is 4.95. The maximum Gasteiger partial charge on any atom is 0.390 e.